The van der Waals surface area contributed by atoms with Crippen molar-refractivity contribution in [3.8, 4) is 5.75 Å². The van der Waals surface area contributed by atoms with Crippen molar-refractivity contribution in [1.29, 1.82) is 0 Å². The topological polar surface area (TPSA) is 50.2 Å². The molecule has 1 aromatic heterocycles. The largest absolute Gasteiger partial charge is 0.508 e. The highest BCUT2D eigenvalue weighted by Crippen LogP contribution is 2.23. The van der Waals surface area contributed by atoms with Crippen molar-refractivity contribution >= 4 is 11.4 Å². The number of allylic oxidation sites excluding steroid dienone is 2. The molecule has 0 saturated carbocycles. The lowest BCUT2D eigenvalue weighted by Crippen LogP contribution is -1.95. The fourth-order valence-corrected chi connectivity index (χ4v) is 1.67. The highest BCUT2D eigenvalue weighted by atomic mass is 16.3. The van der Waals surface area contributed by atoms with Gasteiger partial charge < -0.3 is 5.11 Å². The number of aromatic hydroxyl groups is 1. The Bertz CT molecular complexity index is 613. The van der Waals surface area contributed by atoms with E-state index in [2.05, 4.69) is 11.6 Å². The van der Waals surface area contributed by atoms with E-state index in [0.717, 1.165) is 5.56 Å². The molecular formula is C16H13NO2. The van der Waals surface area contributed by atoms with Gasteiger partial charge in [0.25, 0.3) is 0 Å². The summed E-state index contributed by atoms with van der Waals surface area (Å²) < 4.78 is 0. The standard InChI is InChI=1S/C16H13NO2/c1-2-13(18)11-15(16-5-3-4-10-17-16)12-6-8-14(19)9-7-12/h2-11,19H,1H2. The maximum atomic E-state index is 11.6. The second kappa shape index (κ2) is 5.78. The quantitative estimate of drug-likeness (QED) is 0.850. The molecule has 0 amide bonds. The van der Waals surface area contributed by atoms with Gasteiger partial charge in [-0.1, -0.05) is 24.8 Å². The molecular weight excluding hydrogens is 238 g/mol. The predicted octanol–water partition coefficient (Wildman–Crippen LogP) is 2.97. The summed E-state index contributed by atoms with van der Waals surface area (Å²) in [6, 6.07) is 12.1. The number of carbonyl (C=O) groups is 1. The van der Waals surface area contributed by atoms with Gasteiger partial charge in [-0.25, -0.2) is 0 Å². The molecule has 3 nitrogen and oxygen atoms in total. The molecule has 0 unspecified atom stereocenters. The van der Waals surface area contributed by atoms with E-state index >= 15 is 0 Å². The van der Waals surface area contributed by atoms with E-state index in [1.54, 1.807) is 30.5 Å². The Morgan fingerprint density at radius 2 is 1.89 bits per heavy atom. The smallest absolute Gasteiger partial charge is 0.178 e. The molecule has 1 aromatic carbocycles. The zero-order valence-electron chi connectivity index (χ0n) is 10.3. The molecule has 0 fully saturated rings. The first kappa shape index (κ1) is 12.8. The van der Waals surface area contributed by atoms with Gasteiger partial charge >= 0.3 is 0 Å². The zero-order chi connectivity index (χ0) is 13.7. The molecule has 2 aromatic rings. The second-order valence-corrected chi connectivity index (χ2v) is 3.93. The van der Waals surface area contributed by atoms with Crippen LogP contribution < -0.4 is 0 Å². The molecule has 2 rings (SSSR count). The number of hydrogen-bond acceptors (Lipinski definition) is 3. The zero-order valence-corrected chi connectivity index (χ0v) is 10.3. The average Bonchev–Trinajstić information content (AvgIpc) is 2.46. The van der Waals surface area contributed by atoms with Crippen LogP contribution in [-0.4, -0.2) is 15.9 Å². The van der Waals surface area contributed by atoms with Gasteiger partial charge in [-0.05, 0) is 42.0 Å². The number of nitrogens with zero attached hydrogens (tertiary/aromatic N) is 1. The van der Waals surface area contributed by atoms with Crippen LogP contribution in [0.4, 0.5) is 0 Å². The van der Waals surface area contributed by atoms with Crippen molar-refractivity contribution in [3.63, 3.8) is 0 Å². The van der Waals surface area contributed by atoms with E-state index < -0.39 is 0 Å². The molecule has 0 bridgehead atoms. The normalized spacial score (nSPS) is 11.1. The van der Waals surface area contributed by atoms with Crippen LogP contribution in [0.2, 0.25) is 0 Å². The molecule has 1 heterocycles. The summed E-state index contributed by atoms with van der Waals surface area (Å²) in [5, 5.41) is 9.32. The Balaban J connectivity index is 2.52. The molecule has 0 aliphatic rings. The van der Waals surface area contributed by atoms with Crippen LogP contribution in [0.1, 0.15) is 11.3 Å². The molecule has 0 spiro atoms. The first-order valence-electron chi connectivity index (χ1n) is 5.79. The number of carbonyl (C=O) groups excluding carboxylic acids is 1. The average molecular weight is 251 g/mol. The molecule has 1 N–H and O–H groups in total. The third-order valence-corrected chi connectivity index (χ3v) is 2.61. The van der Waals surface area contributed by atoms with Crippen molar-refractivity contribution in [1.82, 2.24) is 4.98 Å². The number of benzene rings is 1. The van der Waals surface area contributed by atoms with Crippen LogP contribution >= 0.6 is 0 Å². The fraction of sp³-hybridized carbons (Fsp3) is 0. The molecule has 94 valence electrons. The number of ketones is 1. The summed E-state index contributed by atoms with van der Waals surface area (Å²) in [5.41, 5.74) is 2.21. The van der Waals surface area contributed by atoms with Crippen LogP contribution in [0.5, 0.6) is 5.75 Å². The molecule has 0 atom stereocenters. The first-order chi connectivity index (χ1) is 9.20. The van der Waals surface area contributed by atoms with E-state index in [4.69, 9.17) is 0 Å². The molecule has 0 aliphatic carbocycles. The maximum absolute atomic E-state index is 11.6. The van der Waals surface area contributed by atoms with Crippen LogP contribution in [0, 0.1) is 0 Å². The van der Waals surface area contributed by atoms with E-state index in [1.165, 1.54) is 12.2 Å². The number of hydrogen-bond donors (Lipinski definition) is 1. The summed E-state index contributed by atoms with van der Waals surface area (Å²) in [6.45, 7) is 3.46. The highest BCUT2D eigenvalue weighted by Gasteiger charge is 2.07. The van der Waals surface area contributed by atoms with Gasteiger partial charge in [0, 0.05) is 11.8 Å². The Hall–Kier alpha value is -2.68. The molecule has 0 saturated heterocycles. The third-order valence-electron chi connectivity index (χ3n) is 2.61. The fourth-order valence-electron chi connectivity index (χ4n) is 1.67. The van der Waals surface area contributed by atoms with Crippen LogP contribution in [-0.2, 0) is 4.79 Å². The van der Waals surface area contributed by atoms with Gasteiger partial charge in [0.15, 0.2) is 5.78 Å². The van der Waals surface area contributed by atoms with Gasteiger partial charge in [-0.3, -0.25) is 9.78 Å². The van der Waals surface area contributed by atoms with Crippen LogP contribution in [0.25, 0.3) is 5.57 Å². The van der Waals surface area contributed by atoms with Gasteiger partial charge in [0.2, 0.25) is 0 Å². The lowest BCUT2D eigenvalue weighted by atomic mass is 10.0. The third kappa shape index (κ3) is 3.16. The van der Waals surface area contributed by atoms with Crippen LogP contribution in [0.15, 0.2) is 67.4 Å². The highest BCUT2D eigenvalue weighted by molar-refractivity contribution is 6.05. The van der Waals surface area contributed by atoms with Crippen molar-refractivity contribution in [2.45, 2.75) is 0 Å². The summed E-state index contributed by atoms with van der Waals surface area (Å²) in [6.07, 6.45) is 4.41. The van der Waals surface area contributed by atoms with Gasteiger partial charge in [0.1, 0.15) is 5.75 Å². The Kier molecular flexibility index (Phi) is 3.88. The second-order valence-electron chi connectivity index (χ2n) is 3.93. The molecule has 0 radical (unpaired) electrons. The predicted molar refractivity (Wildman–Crippen MR) is 74.6 cm³/mol. The summed E-state index contributed by atoms with van der Waals surface area (Å²) >= 11 is 0. The van der Waals surface area contributed by atoms with Crippen molar-refractivity contribution < 1.29 is 9.90 Å². The number of aromatic nitrogens is 1. The Labute approximate surface area is 111 Å². The Morgan fingerprint density at radius 3 is 2.47 bits per heavy atom. The molecule has 0 aliphatic heterocycles. The van der Waals surface area contributed by atoms with E-state index in [9.17, 15) is 9.90 Å². The van der Waals surface area contributed by atoms with E-state index in [-0.39, 0.29) is 11.5 Å². The number of rotatable bonds is 4. The SMILES string of the molecule is C=CC(=O)C=C(c1ccc(O)cc1)c1ccccn1. The van der Waals surface area contributed by atoms with Crippen molar-refractivity contribution in [2.75, 3.05) is 0 Å². The monoisotopic (exact) mass is 251 g/mol. The molecule has 3 heteroatoms. The van der Waals surface area contributed by atoms with E-state index in [1.807, 2.05) is 18.2 Å². The molecule has 19 heavy (non-hydrogen) atoms. The minimum atomic E-state index is -0.186. The van der Waals surface area contributed by atoms with Crippen molar-refractivity contribution in [3.05, 3.63) is 78.6 Å². The summed E-state index contributed by atoms with van der Waals surface area (Å²) in [5.74, 6) is -0.00658. The summed E-state index contributed by atoms with van der Waals surface area (Å²) in [7, 11) is 0. The lowest BCUT2D eigenvalue weighted by molar-refractivity contribution is -0.110. The minimum absolute atomic E-state index is 0.180. The van der Waals surface area contributed by atoms with Gasteiger partial charge in [-0.15, -0.1) is 0 Å². The summed E-state index contributed by atoms with van der Waals surface area (Å²) in [4.78, 5) is 15.8. The van der Waals surface area contributed by atoms with E-state index in [0.29, 0.717) is 11.3 Å². The number of phenols is 1. The minimum Gasteiger partial charge on any atom is -0.508 e. The Morgan fingerprint density at radius 1 is 1.16 bits per heavy atom. The van der Waals surface area contributed by atoms with Gasteiger partial charge in [0.05, 0.1) is 5.69 Å². The maximum Gasteiger partial charge on any atom is 0.178 e. The number of pyridine rings is 1. The van der Waals surface area contributed by atoms with Crippen molar-refractivity contribution in [2.24, 2.45) is 0 Å². The van der Waals surface area contributed by atoms with Gasteiger partial charge in [-0.2, -0.15) is 0 Å². The number of phenolic OH excluding ortho intramolecular Hbond substituents is 1. The van der Waals surface area contributed by atoms with Crippen LogP contribution in [0.3, 0.4) is 0 Å². The lowest BCUT2D eigenvalue weighted by Gasteiger charge is -2.07. The first-order valence-corrected chi connectivity index (χ1v) is 5.79.